The smallest absolute Gasteiger partial charge is 0.161 e. The topological polar surface area (TPSA) is 44.5 Å². The average molecular weight is 249 g/mol. The van der Waals surface area contributed by atoms with Crippen LogP contribution in [-0.2, 0) is 6.42 Å². The molecule has 0 spiro atoms. The van der Waals surface area contributed by atoms with Gasteiger partial charge in [-0.15, -0.1) is 0 Å². The molecular formula is C15H23NO2. The Hall–Kier alpha value is -1.22. The fraction of sp³-hybridized carbons (Fsp3) is 0.600. The quantitative estimate of drug-likeness (QED) is 0.892. The summed E-state index contributed by atoms with van der Waals surface area (Å²) < 4.78 is 11.3. The predicted molar refractivity (Wildman–Crippen MR) is 73.2 cm³/mol. The van der Waals surface area contributed by atoms with E-state index in [1.165, 1.54) is 5.56 Å². The standard InChI is InChI=1S/C15H23NO2/c1-11(2)13(16)6-4-12-5-7-14-15(10-12)18-9-3-8-17-14/h5,7,10-11,13H,3-4,6,8-9,16H2,1-2H3. The van der Waals surface area contributed by atoms with Gasteiger partial charge in [-0.05, 0) is 36.5 Å². The van der Waals surface area contributed by atoms with Gasteiger partial charge in [-0.3, -0.25) is 0 Å². The molecule has 1 atom stereocenters. The molecule has 0 saturated heterocycles. The average Bonchev–Trinajstić information content (AvgIpc) is 2.60. The van der Waals surface area contributed by atoms with Crippen LogP contribution in [0.25, 0.3) is 0 Å². The SMILES string of the molecule is CC(C)C(N)CCc1ccc2c(c1)OCCCO2. The summed E-state index contributed by atoms with van der Waals surface area (Å²) in [6, 6.07) is 6.48. The molecular weight excluding hydrogens is 226 g/mol. The van der Waals surface area contributed by atoms with Crippen molar-refractivity contribution >= 4 is 0 Å². The van der Waals surface area contributed by atoms with Gasteiger partial charge < -0.3 is 15.2 Å². The van der Waals surface area contributed by atoms with E-state index in [1.54, 1.807) is 0 Å². The number of fused-ring (bicyclic) bond motifs is 1. The van der Waals surface area contributed by atoms with Gasteiger partial charge in [0.05, 0.1) is 13.2 Å². The lowest BCUT2D eigenvalue weighted by Crippen LogP contribution is -2.26. The maximum absolute atomic E-state index is 6.07. The van der Waals surface area contributed by atoms with Crippen molar-refractivity contribution in [1.82, 2.24) is 0 Å². The summed E-state index contributed by atoms with van der Waals surface area (Å²) in [6.45, 7) is 5.81. The maximum atomic E-state index is 6.07. The van der Waals surface area contributed by atoms with Crippen LogP contribution in [0, 0.1) is 5.92 Å². The van der Waals surface area contributed by atoms with Gasteiger partial charge in [-0.25, -0.2) is 0 Å². The minimum Gasteiger partial charge on any atom is -0.490 e. The lowest BCUT2D eigenvalue weighted by atomic mass is 9.97. The summed E-state index contributed by atoms with van der Waals surface area (Å²) >= 11 is 0. The van der Waals surface area contributed by atoms with Crippen LogP contribution in [0.5, 0.6) is 11.5 Å². The molecule has 1 aliphatic rings. The molecule has 0 fully saturated rings. The van der Waals surface area contributed by atoms with E-state index >= 15 is 0 Å². The lowest BCUT2D eigenvalue weighted by molar-refractivity contribution is 0.297. The number of ether oxygens (including phenoxy) is 2. The largest absolute Gasteiger partial charge is 0.490 e. The predicted octanol–water partition coefficient (Wildman–Crippen LogP) is 2.76. The monoisotopic (exact) mass is 249 g/mol. The molecule has 3 nitrogen and oxygen atoms in total. The Morgan fingerprint density at radius 1 is 1.17 bits per heavy atom. The Bertz CT molecular complexity index is 390. The van der Waals surface area contributed by atoms with Crippen molar-refractivity contribution < 1.29 is 9.47 Å². The van der Waals surface area contributed by atoms with E-state index in [4.69, 9.17) is 15.2 Å². The number of aryl methyl sites for hydroxylation is 1. The van der Waals surface area contributed by atoms with Crippen LogP contribution < -0.4 is 15.2 Å². The van der Waals surface area contributed by atoms with E-state index in [9.17, 15) is 0 Å². The molecule has 0 saturated carbocycles. The minimum atomic E-state index is 0.265. The molecule has 0 bridgehead atoms. The molecule has 1 unspecified atom stereocenters. The van der Waals surface area contributed by atoms with E-state index in [1.807, 2.05) is 6.07 Å². The zero-order valence-corrected chi connectivity index (χ0v) is 11.3. The van der Waals surface area contributed by atoms with Crippen LogP contribution in [-0.4, -0.2) is 19.3 Å². The van der Waals surface area contributed by atoms with Gasteiger partial charge in [-0.1, -0.05) is 19.9 Å². The van der Waals surface area contributed by atoms with Gasteiger partial charge in [0.1, 0.15) is 0 Å². The number of hydrogen-bond donors (Lipinski definition) is 1. The summed E-state index contributed by atoms with van der Waals surface area (Å²) in [5.41, 5.74) is 7.34. The molecule has 1 aliphatic heterocycles. The second-order valence-corrected chi connectivity index (χ2v) is 5.28. The first-order valence-electron chi connectivity index (χ1n) is 6.81. The van der Waals surface area contributed by atoms with Crippen molar-refractivity contribution in [3.8, 4) is 11.5 Å². The van der Waals surface area contributed by atoms with Gasteiger partial charge in [0.25, 0.3) is 0 Å². The third kappa shape index (κ3) is 3.39. The highest BCUT2D eigenvalue weighted by Crippen LogP contribution is 2.30. The van der Waals surface area contributed by atoms with Gasteiger partial charge in [0.15, 0.2) is 11.5 Å². The van der Waals surface area contributed by atoms with Gasteiger partial charge in [-0.2, -0.15) is 0 Å². The zero-order valence-electron chi connectivity index (χ0n) is 11.3. The Morgan fingerprint density at radius 2 is 1.89 bits per heavy atom. The molecule has 0 amide bonds. The highest BCUT2D eigenvalue weighted by Gasteiger charge is 2.12. The van der Waals surface area contributed by atoms with Crippen LogP contribution in [0.2, 0.25) is 0 Å². The Morgan fingerprint density at radius 3 is 2.61 bits per heavy atom. The molecule has 2 N–H and O–H groups in total. The van der Waals surface area contributed by atoms with Crippen LogP contribution >= 0.6 is 0 Å². The zero-order chi connectivity index (χ0) is 13.0. The number of nitrogens with two attached hydrogens (primary N) is 1. The third-order valence-electron chi connectivity index (χ3n) is 3.43. The van der Waals surface area contributed by atoms with Crippen molar-refractivity contribution in [2.45, 2.75) is 39.2 Å². The molecule has 18 heavy (non-hydrogen) atoms. The van der Waals surface area contributed by atoms with Gasteiger partial charge >= 0.3 is 0 Å². The summed E-state index contributed by atoms with van der Waals surface area (Å²) in [6.07, 6.45) is 2.95. The van der Waals surface area contributed by atoms with E-state index in [-0.39, 0.29) is 6.04 Å². The minimum absolute atomic E-state index is 0.265. The van der Waals surface area contributed by atoms with Crippen molar-refractivity contribution in [1.29, 1.82) is 0 Å². The summed E-state index contributed by atoms with van der Waals surface area (Å²) in [7, 11) is 0. The Kier molecular flexibility index (Phi) is 4.48. The number of benzene rings is 1. The van der Waals surface area contributed by atoms with Crippen LogP contribution in [0.15, 0.2) is 18.2 Å². The van der Waals surface area contributed by atoms with E-state index in [0.717, 1.165) is 44.0 Å². The normalized spacial score (nSPS) is 16.4. The first kappa shape index (κ1) is 13.2. The molecule has 0 radical (unpaired) electrons. The molecule has 1 heterocycles. The lowest BCUT2D eigenvalue weighted by Gasteiger charge is -2.15. The number of rotatable bonds is 4. The van der Waals surface area contributed by atoms with Crippen LogP contribution in [0.4, 0.5) is 0 Å². The molecule has 0 aromatic heterocycles. The van der Waals surface area contributed by atoms with Crippen molar-refractivity contribution in [2.24, 2.45) is 11.7 Å². The van der Waals surface area contributed by atoms with Crippen molar-refractivity contribution in [3.05, 3.63) is 23.8 Å². The molecule has 1 aromatic carbocycles. The van der Waals surface area contributed by atoms with Crippen molar-refractivity contribution in [3.63, 3.8) is 0 Å². The summed E-state index contributed by atoms with van der Waals surface area (Å²) in [5, 5.41) is 0. The molecule has 0 aliphatic carbocycles. The Balaban J connectivity index is 2.00. The van der Waals surface area contributed by atoms with Crippen LogP contribution in [0.3, 0.4) is 0 Å². The van der Waals surface area contributed by atoms with E-state index in [2.05, 4.69) is 26.0 Å². The summed E-state index contributed by atoms with van der Waals surface area (Å²) in [4.78, 5) is 0. The highest BCUT2D eigenvalue weighted by molar-refractivity contribution is 5.43. The first-order chi connectivity index (χ1) is 8.66. The summed E-state index contributed by atoms with van der Waals surface area (Å²) in [5.74, 6) is 2.28. The fourth-order valence-corrected chi connectivity index (χ4v) is 2.03. The second-order valence-electron chi connectivity index (χ2n) is 5.28. The second kappa shape index (κ2) is 6.10. The van der Waals surface area contributed by atoms with Crippen LogP contribution in [0.1, 0.15) is 32.3 Å². The fourth-order valence-electron chi connectivity index (χ4n) is 2.03. The Labute approximate surface area is 109 Å². The molecule has 100 valence electrons. The van der Waals surface area contributed by atoms with Gasteiger partial charge in [0, 0.05) is 12.5 Å². The maximum Gasteiger partial charge on any atom is 0.161 e. The first-order valence-corrected chi connectivity index (χ1v) is 6.81. The molecule has 1 aromatic rings. The van der Waals surface area contributed by atoms with Crippen molar-refractivity contribution in [2.75, 3.05) is 13.2 Å². The van der Waals surface area contributed by atoms with Gasteiger partial charge in [0.2, 0.25) is 0 Å². The molecule has 3 heteroatoms. The third-order valence-corrected chi connectivity index (χ3v) is 3.43. The highest BCUT2D eigenvalue weighted by atomic mass is 16.5. The molecule has 2 rings (SSSR count). The van der Waals surface area contributed by atoms with E-state index < -0.39 is 0 Å². The van der Waals surface area contributed by atoms with E-state index in [0.29, 0.717) is 5.92 Å². The number of hydrogen-bond acceptors (Lipinski definition) is 3.